The van der Waals surface area contributed by atoms with Gasteiger partial charge in [0, 0.05) is 13.1 Å². The molecule has 0 radical (unpaired) electrons. The summed E-state index contributed by atoms with van der Waals surface area (Å²) < 4.78 is 0. The van der Waals surface area contributed by atoms with Gasteiger partial charge in [0.1, 0.15) is 0 Å². The molecule has 0 spiro atoms. The fourth-order valence-corrected chi connectivity index (χ4v) is 3.65. The van der Waals surface area contributed by atoms with Crippen molar-refractivity contribution in [2.75, 3.05) is 39.3 Å². The molecule has 0 atom stereocenters. The summed E-state index contributed by atoms with van der Waals surface area (Å²) in [6.07, 6.45) is 6.88. The van der Waals surface area contributed by atoms with Crippen LogP contribution in [0.5, 0.6) is 0 Å². The second-order valence-corrected chi connectivity index (χ2v) is 6.52. The Labute approximate surface area is 123 Å². The van der Waals surface area contributed by atoms with Crippen molar-refractivity contribution in [3.8, 4) is 0 Å². The van der Waals surface area contributed by atoms with Crippen molar-refractivity contribution in [3.63, 3.8) is 0 Å². The van der Waals surface area contributed by atoms with Crippen molar-refractivity contribution in [2.45, 2.75) is 32.1 Å². The molecule has 20 heavy (non-hydrogen) atoms. The maximum absolute atomic E-state index is 2.68. The molecule has 0 unspecified atom stereocenters. The van der Waals surface area contributed by atoms with Gasteiger partial charge in [0.2, 0.25) is 0 Å². The minimum absolute atomic E-state index is 0.903. The summed E-state index contributed by atoms with van der Waals surface area (Å²) in [7, 11) is 0. The molecule has 0 amide bonds. The van der Waals surface area contributed by atoms with Gasteiger partial charge in [0.15, 0.2) is 0 Å². The van der Waals surface area contributed by atoms with Crippen LogP contribution in [-0.4, -0.2) is 49.1 Å². The SMILES string of the molecule is c1ccc(CC2CCN(CCN3CCCC3)CC2)cc1. The Hall–Kier alpha value is -0.860. The van der Waals surface area contributed by atoms with Crippen molar-refractivity contribution in [1.82, 2.24) is 9.80 Å². The highest BCUT2D eigenvalue weighted by Gasteiger charge is 2.20. The standard InChI is InChI=1S/C18H28N2/c1-2-6-17(7-3-1)16-18-8-12-20(13-9-18)15-14-19-10-4-5-11-19/h1-3,6-7,18H,4-5,8-16H2. The molecule has 110 valence electrons. The van der Waals surface area contributed by atoms with Gasteiger partial charge in [-0.25, -0.2) is 0 Å². The summed E-state index contributed by atoms with van der Waals surface area (Å²) in [5.41, 5.74) is 1.52. The smallest absolute Gasteiger partial charge is 0.0109 e. The first-order valence-corrected chi connectivity index (χ1v) is 8.39. The number of nitrogens with zero attached hydrogens (tertiary/aromatic N) is 2. The van der Waals surface area contributed by atoms with Crippen LogP contribution in [0.25, 0.3) is 0 Å². The van der Waals surface area contributed by atoms with Crippen LogP contribution in [0.3, 0.4) is 0 Å². The summed E-state index contributed by atoms with van der Waals surface area (Å²) >= 11 is 0. The van der Waals surface area contributed by atoms with Gasteiger partial charge >= 0.3 is 0 Å². The molecule has 1 aromatic carbocycles. The third-order valence-corrected chi connectivity index (χ3v) is 5.01. The number of hydrogen-bond acceptors (Lipinski definition) is 2. The van der Waals surface area contributed by atoms with E-state index in [1.165, 1.54) is 76.9 Å². The zero-order chi connectivity index (χ0) is 13.6. The third kappa shape index (κ3) is 4.07. The van der Waals surface area contributed by atoms with Gasteiger partial charge in [-0.3, -0.25) is 0 Å². The van der Waals surface area contributed by atoms with Gasteiger partial charge in [0.25, 0.3) is 0 Å². The monoisotopic (exact) mass is 272 g/mol. The van der Waals surface area contributed by atoms with E-state index in [9.17, 15) is 0 Å². The minimum atomic E-state index is 0.903. The molecule has 1 aromatic rings. The van der Waals surface area contributed by atoms with Crippen LogP contribution in [0.2, 0.25) is 0 Å². The fraction of sp³-hybridized carbons (Fsp3) is 0.667. The van der Waals surface area contributed by atoms with E-state index in [1.807, 2.05) is 0 Å². The largest absolute Gasteiger partial charge is 0.302 e. The quantitative estimate of drug-likeness (QED) is 0.813. The summed E-state index contributed by atoms with van der Waals surface area (Å²) in [6, 6.07) is 11.0. The molecule has 2 aliphatic rings. The van der Waals surface area contributed by atoms with Crippen LogP contribution >= 0.6 is 0 Å². The maximum atomic E-state index is 2.68. The molecule has 0 saturated carbocycles. The number of hydrogen-bond donors (Lipinski definition) is 0. The van der Waals surface area contributed by atoms with E-state index in [-0.39, 0.29) is 0 Å². The predicted molar refractivity (Wildman–Crippen MR) is 85.0 cm³/mol. The molecule has 0 aromatic heterocycles. The molecule has 2 heterocycles. The van der Waals surface area contributed by atoms with Crippen LogP contribution in [0, 0.1) is 5.92 Å². The van der Waals surface area contributed by atoms with E-state index in [0.29, 0.717) is 0 Å². The summed E-state index contributed by atoms with van der Waals surface area (Å²) in [5, 5.41) is 0. The van der Waals surface area contributed by atoms with Crippen LogP contribution in [0.1, 0.15) is 31.2 Å². The lowest BCUT2D eigenvalue weighted by atomic mass is 9.90. The van der Waals surface area contributed by atoms with Crippen LogP contribution in [0.15, 0.2) is 30.3 Å². The Morgan fingerprint density at radius 1 is 0.800 bits per heavy atom. The second kappa shape index (κ2) is 7.24. The Morgan fingerprint density at radius 3 is 2.05 bits per heavy atom. The number of benzene rings is 1. The topological polar surface area (TPSA) is 6.48 Å². The van der Waals surface area contributed by atoms with E-state index in [2.05, 4.69) is 40.1 Å². The molecule has 0 bridgehead atoms. The van der Waals surface area contributed by atoms with Gasteiger partial charge < -0.3 is 9.80 Å². The second-order valence-electron chi connectivity index (χ2n) is 6.52. The van der Waals surface area contributed by atoms with E-state index < -0.39 is 0 Å². The summed E-state index contributed by atoms with van der Waals surface area (Å²) in [5.74, 6) is 0.903. The van der Waals surface area contributed by atoms with E-state index in [0.717, 1.165) is 5.92 Å². The highest BCUT2D eigenvalue weighted by Crippen LogP contribution is 2.21. The van der Waals surface area contributed by atoms with Crippen molar-refractivity contribution < 1.29 is 0 Å². The van der Waals surface area contributed by atoms with Gasteiger partial charge in [-0.2, -0.15) is 0 Å². The highest BCUT2D eigenvalue weighted by atomic mass is 15.2. The molecule has 0 N–H and O–H groups in total. The lowest BCUT2D eigenvalue weighted by Crippen LogP contribution is -2.39. The molecular weight excluding hydrogens is 244 g/mol. The molecule has 2 nitrogen and oxygen atoms in total. The normalized spacial score (nSPS) is 22.4. The zero-order valence-corrected chi connectivity index (χ0v) is 12.6. The number of likely N-dealkylation sites (tertiary alicyclic amines) is 2. The Balaban J connectivity index is 1.36. The van der Waals surface area contributed by atoms with E-state index in [4.69, 9.17) is 0 Å². The number of piperidine rings is 1. The Bertz CT molecular complexity index is 376. The van der Waals surface area contributed by atoms with Crippen molar-refractivity contribution in [3.05, 3.63) is 35.9 Å². The van der Waals surface area contributed by atoms with Crippen molar-refractivity contribution in [1.29, 1.82) is 0 Å². The average Bonchev–Trinajstić information content (AvgIpc) is 3.01. The van der Waals surface area contributed by atoms with Gasteiger partial charge in [-0.1, -0.05) is 30.3 Å². The molecule has 3 rings (SSSR count). The van der Waals surface area contributed by atoms with E-state index >= 15 is 0 Å². The molecular formula is C18H28N2. The van der Waals surface area contributed by atoms with E-state index in [1.54, 1.807) is 0 Å². The summed E-state index contributed by atoms with van der Waals surface area (Å²) in [4.78, 5) is 5.32. The Morgan fingerprint density at radius 2 is 1.40 bits per heavy atom. The lowest BCUT2D eigenvalue weighted by molar-refractivity contribution is 0.164. The molecule has 0 aliphatic carbocycles. The van der Waals surface area contributed by atoms with Gasteiger partial charge in [0.05, 0.1) is 0 Å². The Kier molecular flexibility index (Phi) is 5.10. The lowest BCUT2D eigenvalue weighted by Gasteiger charge is -2.33. The van der Waals surface area contributed by atoms with Gasteiger partial charge in [-0.15, -0.1) is 0 Å². The molecule has 2 saturated heterocycles. The molecule has 2 heteroatoms. The maximum Gasteiger partial charge on any atom is 0.0109 e. The van der Waals surface area contributed by atoms with Crippen molar-refractivity contribution >= 4 is 0 Å². The molecule has 2 aliphatic heterocycles. The third-order valence-electron chi connectivity index (χ3n) is 5.01. The first-order chi connectivity index (χ1) is 9.90. The fourth-order valence-electron chi connectivity index (χ4n) is 3.65. The molecule has 2 fully saturated rings. The zero-order valence-electron chi connectivity index (χ0n) is 12.6. The van der Waals surface area contributed by atoms with Gasteiger partial charge in [-0.05, 0) is 69.8 Å². The van der Waals surface area contributed by atoms with Crippen LogP contribution in [-0.2, 0) is 6.42 Å². The van der Waals surface area contributed by atoms with Crippen molar-refractivity contribution in [2.24, 2.45) is 5.92 Å². The summed E-state index contributed by atoms with van der Waals surface area (Å²) in [6.45, 7) is 7.88. The highest BCUT2D eigenvalue weighted by molar-refractivity contribution is 5.15. The average molecular weight is 272 g/mol. The predicted octanol–water partition coefficient (Wildman–Crippen LogP) is 3.04. The first kappa shape index (κ1) is 14.1. The number of rotatable bonds is 5. The minimum Gasteiger partial charge on any atom is -0.302 e. The van der Waals surface area contributed by atoms with Crippen LogP contribution < -0.4 is 0 Å². The first-order valence-electron chi connectivity index (χ1n) is 8.39. The van der Waals surface area contributed by atoms with Crippen LogP contribution in [0.4, 0.5) is 0 Å².